The first-order valence-corrected chi connectivity index (χ1v) is 7.46. The number of hydrogen-bond donors (Lipinski definition) is 3. The molecule has 0 spiro atoms. The number of H-pyrrole nitrogens is 1. The Morgan fingerprint density at radius 3 is 3.00 bits per heavy atom. The van der Waals surface area contributed by atoms with E-state index in [-0.39, 0.29) is 12.1 Å². The van der Waals surface area contributed by atoms with Crippen LogP contribution in [0.3, 0.4) is 0 Å². The standard InChI is InChI=1S/C13H19N5O2S/c1-8(4-10-5-9(2)17-18-10)14-12(19)16-13-15-11(6-20-3)7-21-13/h5,7-8H,4,6H2,1-3H3,(H,17,18)(H2,14,15,16,19). The van der Waals surface area contributed by atoms with Gasteiger partial charge in [-0.15, -0.1) is 11.3 Å². The predicted octanol–water partition coefficient (Wildman–Crippen LogP) is 2.07. The minimum absolute atomic E-state index is 0.0221. The molecule has 0 saturated heterocycles. The third-order valence-electron chi connectivity index (χ3n) is 2.72. The van der Waals surface area contributed by atoms with E-state index in [0.29, 0.717) is 18.2 Å². The second-order valence-electron chi connectivity index (χ2n) is 4.82. The number of amides is 2. The first-order valence-electron chi connectivity index (χ1n) is 6.58. The molecule has 0 radical (unpaired) electrons. The molecule has 0 aliphatic heterocycles. The molecule has 2 heterocycles. The molecule has 2 aromatic rings. The number of ether oxygens (including phenoxy) is 1. The largest absolute Gasteiger partial charge is 0.378 e. The lowest BCUT2D eigenvalue weighted by Gasteiger charge is -2.12. The minimum atomic E-state index is -0.270. The fourth-order valence-electron chi connectivity index (χ4n) is 1.88. The third-order valence-corrected chi connectivity index (χ3v) is 3.52. The number of aromatic amines is 1. The molecule has 0 aliphatic rings. The lowest BCUT2D eigenvalue weighted by Crippen LogP contribution is -2.37. The van der Waals surface area contributed by atoms with Gasteiger partial charge in [-0.2, -0.15) is 5.10 Å². The number of anilines is 1. The highest BCUT2D eigenvalue weighted by atomic mass is 32.1. The zero-order valence-electron chi connectivity index (χ0n) is 12.3. The van der Waals surface area contributed by atoms with Gasteiger partial charge in [-0.05, 0) is 19.9 Å². The summed E-state index contributed by atoms with van der Waals surface area (Å²) in [6.07, 6.45) is 0.671. The smallest absolute Gasteiger partial charge is 0.321 e. The van der Waals surface area contributed by atoms with Crippen LogP contribution in [-0.4, -0.2) is 34.4 Å². The number of hydrogen-bond acceptors (Lipinski definition) is 5. The van der Waals surface area contributed by atoms with Gasteiger partial charge in [-0.1, -0.05) is 0 Å². The number of thiazole rings is 1. The highest BCUT2D eigenvalue weighted by Crippen LogP contribution is 2.15. The van der Waals surface area contributed by atoms with Gasteiger partial charge in [0.1, 0.15) is 0 Å². The van der Waals surface area contributed by atoms with Gasteiger partial charge < -0.3 is 10.1 Å². The molecule has 0 fully saturated rings. The Hall–Kier alpha value is -1.93. The summed E-state index contributed by atoms with van der Waals surface area (Å²) in [5, 5.41) is 15.0. The molecule has 21 heavy (non-hydrogen) atoms. The molecular formula is C13H19N5O2S. The number of methoxy groups -OCH3 is 1. The first kappa shape index (κ1) is 15.5. The summed E-state index contributed by atoms with van der Waals surface area (Å²) in [7, 11) is 1.61. The molecule has 0 aliphatic carbocycles. The van der Waals surface area contributed by atoms with Gasteiger partial charge >= 0.3 is 6.03 Å². The van der Waals surface area contributed by atoms with Crippen LogP contribution in [0.2, 0.25) is 0 Å². The normalized spacial score (nSPS) is 12.1. The van der Waals surface area contributed by atoms with Crippen LogP contribution in [0, 0.1) is 6.92 Å². The van der Waals surface area contributed by atoms with Gasteiger partial charge in [0.05, 0.1) is 18.0 Å². The van der Waals surface area contributed by atoms with Crippen molar-refractivity contribution < 1.29 is 9.53 Å². The second kappa shape index (κ2) is 7.19. The van der Waals surface area contributed by atoms with Crippen molar-refractivity contribution >= 4 is 22.5 Å². The number of aryl methyl sites for hydroxylation is 1. The number of carbonyl (C=O) groups excluding carboxylic acids is 1. The Labute approximate surface area is 127 Å². The predicted molar refractivity (Wildman–Crippen MR) is 81.5 cm³/mol. The van der Waals surface area contributed by atoms with Crippen molar-refractivity contribution in [2.24, 2.45) is 0 Å². The summed E-state index contributed by atoms with van der Waals surface area (Å²) in [4.78, 5) is 16.1. The summed E-state index contributed by atoms with van der Waals surface area (Å²) in [6.45, 7) is 4.32. The van der Waals surface area contributed by atoms with Crippen LogP contribution in [-0.2, 0) is 17.8 Å². The van der Waals surface area contributed by atoms with E-state index in [1.165, 1.54) is 11.3 Å². The maximum absolute atomic E-state index is 11.9. The van der Waals surface area contributed by atoms with Gasteiger partial charge in [-0.3, -0.25) is 10.4 Å². The fourth-order valence-corrected chi connectivity index (χ4v) is 2.57. The zero-order chi connectivity index (χ0) is 15.2. The summed E-state index contributed by atoms with van der Waals surface area (Å²) >= 11 is 1.37. The maximum Gasteiger partial charge on any atom is 0.321 e. The topological polar surface area (TPSA) is 91.9 Å². The van der Waals surface area contributed by atoms with Crippen LogP contribution in [0.4, 0.5) is 9.93 Å². The summed E-state index contributed by atoms with van der Waals surface area (Å²) in [5.74, 6) is 0. The Kier molecular flexibility index (Phi) is 5.29. The molecule has 2 amide bonds. The average Bonchev–Trinajstić information content (AvgIpc) is 2.99. The summed E-state index contributed by atoms with van der Waals surface area (Å²) in [6, 6.07) is 1.67. The number of rotatable bonds is 6. The molecule has 7 nitrogen and oxygen atoms in total. The Balaban J connectivity index is 1.80. The van der Waals surface area contributed by atoms with E-state index >= 15 is 0 Å². The lowest BCUT2D eigenvalue weighted by atomic mass is 10.2. The van der Waals surface area contributed by atoms with E-state index in [4.69, 9.17) is 4.74 Å². The highest BCUT2D eigenvalue weighted by molar-refractivity contribution is 7.13. The van der Waals surface area contributed by atoms with Crippen LogP contribution in [0.5, 0.6) is 0 Å². The highest BCUT2D eigenvalue weighted by Gasteiger charge is 2.11. The maximum atomic E-state index is 11.9. The van der Waals surface area contributed by atoms with E-state index in [2.05, 4.69) is 25.8 Å². The van der Waals surface area contributed by atoms with Crippen molar-refractivity contribution in [2.75, 3.05) is 12.4 Å². The number of nitrogens with zero attached hydrogens (tertiary/aromatic N) is 2. The van der Waals surface area contributed by atoms with Crippen molar-refractivity contribution in [3.05, 3.63) is 28.5 Å². The number of aromatic nitrogens is 3. The van der Waals surface area contributed by atoms with Gasteiger partial charge in [0.25, 0.3) is 0 Å². The van der Waals surface area contributed by atoms with Gasteiger partial charge in [0.15, 0.2) is 5.13 Å². The van der Waals surface area contributed by atoms with Crippen molar-refractivity contribution in [1.82, 2.24) is 20.5 Å². The van der Waals surface area contributed by atoms with E-state index in [1.807, 2.05) is 25.3 Å². The molecule has 1 unspecified atom stereocenters. The Morgan fingerprint density at radius 2 is 2.33 bits per heavy atom. The quantitative estimate of drug-likeness (QED) is 0.761. The van der Waals surface area contributed by atoms with Gasteiger partial charge in [0.2, 0.25) is 0 Å². The Bertz CT molecular complexity index is 595. The van der Waals surface area contributed by atoms with E-state index in [9.17, 15) is 4.79 Å². The third kappa shape index (κ3) is 4.83. The van der Waals surface area contributed by atoms with Gasteiger partial charge in [0, 0.05) is 30.6 Å². The number of nitrogens with one attached hydrogen (secondary N) is 3. The van der Waals surface area contributed by atoms with Crippen molar-refractivity contribution in [1.29, 1.82) is 0 Å². The van der Waals surface area contributed by atoms with Gasteiger partial charge in [-0.25, -0.2) is 9.78 Å². The van der Waals surface area contributed by atoms with Crippen molar-refractivity contribution in [3.63, 3.8) is 0 Å². The lowest BCUT2D eigenvalue weighted by molar-refractivity contribution is 0.182. The zero-order valence-corrected chi connectivity index (χ0v) is 13.1. The van der Waals surface area contributed by atoms with Crippen LogP contribution in [0.1, 0.15) is 24.0 Å². The van der Waals surface area contributed by atoms with Crippen molar-refractivity contribution in [3.8, 4) is 0 Å². The first-order chi connectivity index (χ1) is 10.1. The molecule has 2 aromatic heterocycles. The van der Waals surface area contributed by atoms with E-state index in [1.54, 1.807) is 7.11 Å². The van der Waals surface area contributed by atoms with E-state index in [0.717, 1.165) is 17.1 Å². The molecule has 8 heteroatoms. The minimum Gasteiger partial charge on any atom is -0.378 e. The van der Waals surface area contributed by atoms with Crippen LogP contribution in [0.25, 0.3) is 0 Å². The SMILES string of the molecule is COCc1csc(NC(=O)NC(C)Cc2cc(C)[nH]n2)n1. The van der Waals surface area contributed by atoms with Crippen LogP contribution < -0.4 is 10.6 Å². The van der Waals surface area contributed by atoms with Crippen LogP contribution >= 0.6 is 11.3 Å². The van der Waals surface area contributed by atoms with Crippen molar-refractivity contribution in [2.45, 2.75) is 32.9 Å². The second-order valence-corrected chi connectivity index (χ2v) is 5.68. The molecule has 2 rings (SSSR count). The molecule has 1 atom stereocenters. The summed E-state index contributed by atoms with van der Waals surface area (Å²) < 4.78 is 4.99. The molecule has 0 bridgehead atoms. The molecule has 0 aromatic carbocycles. The fraction of sp³-hybridized carbons (Fsp3) is 0.462. The van der Waals surface area contributed by atoms with Crippen LogP contribution in [0.15, 0.2) is 11.4 Å². The summed E-state index contributed by atoms with van der Waals surface area (Å²) in [5.41, 5.74) is 2.74. The number of urea groups is 1. The molecule has 3 N–H and O–H groups in total. The molecule has 114 valence electrons. The average molecular weight is 309 g/mol. The monoisotopic (exact) mass is 309 g/mol. The number of carbonyl (C=O) groups is 1. The Morgan fingerprint density at radius 1 is 1.52 bits per heavy atom. The molecular weight excluding hydrogens is 290 g/mol. The molecule has 0 saturated carbocycles. The van der Waals surface area contributed by atoms with E-state index < -0.39 is 0 Å².